The maximum atomic E-state index is 13.3. The molecule has 0 radical (unpaired) electrons. The van der Waals surface area contributed by atoms with Crippen molar-refractivity contribution in [1.29, 1.82) is 0 Å². The van der Waals surface area contributed by atoms with E-state index >= 15 is 0 Å². The number of nitrogens with zero attached hydrogens (tertiary/aromatic N) is 1. The lowest BCUT2D eigenvalue weighted by atomic mass is 9.82. The molecule has 0 aliphatic carbocycles. The molecule has 9 heteroatoms. The molecule has 2 aromatic rings. The SMILES string of the molecule is CC(C)(C)C(NC(=O)c1cc(S(=O)(=O)N2CCOCC2)c[nH]1)c1ccc(F)cc1. The second-order valence-corrected chi connectivity index (χ2v) is 10.0. The Labute approximate surface area is 170 Å². The molecule has 1 aliphatic rings. The number of H-pyrrole nitrogens is 1. The van der Waals surface area contributed by atoms with Crippen molar-refractivity contribution in [1.82, 2.24) is 14.6 Å². The van der Waals surface area contributed by atoms with Crippen LogP contribution in [0.15, 0.2) is 41.4 Å². The molecule has 158 valence electrons. The standard InChI is InChI=1S/C20H26FN3O4S/c1-20(2,3)18(14-4-6-15(21)7-5-14)23-19(25)17-12-16(13-22-17)29(26,27)24-8-10-28-11-9-24/h4-7,12-13,18,22H,8-11H2,1-3H3,(H,23,25). The lowest BCUT2D eigenvalue weighted by Crippen LogP contribution is -2.40. The summed E-state index contributed by atoms with van der Waals surface area (Å²) in [6, 6.07) is 6.91. The number of morpholine rings is 1. The van der Waals surface area contributed by atoms with E-state index in [-0.39, 0.29) is 34.9 Å². The minimum absolute atomic E-state index is 0.0404. The number of aromatic amines is 1. The molecule has 0 bridgehead atoms. The third kappa shape index (κ3) is 4.85. The third-order valence-corrected chi connectivity index (χ3v) is 6.73. The summed E-state index contributed by atoms with van der Waals surface area (Å²) in [6.07, 6.45) is 1.32. The molecule has 2 N–H and O–H groups in total. The first kappa shape index (κ1) is 21.5. The number of sulfonamides is 1. The molecule has 1 aromatic heterocycles. The van der Waals surface area contributed by atoms with Crippen LogP contribution >= 0.6 is 0 Å². The Morgan fingerprint density at radius 2 is 1.83 bits per heavy atom. The van der Waals surface area contributed by atoms with E-state index in [2.05, 4.69) is 10.3 Å². The zero-order chi connectivity index (χ0) is 21.2. The van der Waals surface area contributed by atoms with Gasteiger partial charge in [-0.1, -0.05) is 32.9 Å². The van der Waals surface area contributed by atoms with Gasteiger partial charge in [-0.3, -0.25) is 4.79 Å². The molecule has 3 rings (SSSR count). The number of nitrogens with one attached hydrogen (secondary N) is 2. The van der Waals surface area contributed by atoms with Crippen LogP contribution < -0.4 is 5.32 Å². The smallest absolute Gasteiger partial charge is 0.268 e. The number of amides is 1. The molecule has 1 aromatic carbocycles. The van der Waals surface area contributed by atoms with Crippen molar-refractivity contribution in [2.75, 3.05) is 26.3 Å². The number of ether oxygens (including phenoxy) is 1. The van der Waals surface area contributed by atoms with Gasteiger partial charge in [-0.2, -0.15) is 4.31 Å². The molecule has 7 nitrogen and oxygen atoms in total. The topological polar surface area (TPSA) is 91.5 Å². The molecule has 2 heterocycles. The van der Waals surface area contributed by atoms with Crippen molar-refractivity contribution in [3.05, 3.63) is 53.6 Å². The maximum absolute atomic E-state index is 13.3. The van der Waals surface area contributed by atoms with Crippen molar-refractivity contribution >= 4 is 15.9 Å². The van der Waals surface area contributed by atoms with Gasteiger partial charge in [-0.15, -0.1) is 0 Å². The number of aromatic nitrogens is 1. The van der Waals surface area contributed by atoms with Gasteiger partial charge in [0.1, 0.15) is 16.4 Å². The molecule has 0 saturated carbocycles. The summed E-state index contributed by atoms with van der Waals surface area (Å²) >= 11 is 0. The van der Waals surface area contributed by atoms with E-state index in [0.717, 1.165) is 5.56 Å². The minimum Gasteiger partial charge on any atom is -0.379 e. The Morgan fingerprint density at radius 1 is 1.21 bits per heavy atom. The summed E-state index contributed by atoms with van der Waals surface area (Å²) < 4.78 is 45.3. The summed E-state index contributed by atoms with van der Waals surface area (Å²) in [7, 11) is -3.69. The molecule has 1 saturated heterocycles. The van der Waals surface area contributed by atoms with Crippen molar-refractivity contribution < 1.29 is 22.3 Å². The first-order valence-electron chi connectivity index (χ1n) is 9.42. The van der Waals surface area contributed by atoms with Gasteiger partial charge in [0.2, 0.25) is 10.0 Å². The van der Waals surface area contributed by atoms with Crippen LogP contribution in [0, 0.1) is 11.2 Å². The number of carbonyl (C=O) groups is 1. The second kappa shape index (κ2) is 8.25. The van der Waals surface area contributed by atoms with E-state index < -0.39 is 22.0 Å². The summed E-state index contributed by atoms with van der Waals surface area (Å²) in [5.41, 5.74) is 0.566. The highest BCUT2D eigenvalue weighted by Crippen LogP contribution is 2.33. The summed E-state index contributed by atoms with van der Waals surface area (Å²) in [5.74, 6) is -0.784. The van der Waals surface area contributed by atoms with Gasteiger partial charge < -0.3 is 15.0 Å². The van der Waals surface area contributed by atoms with E-state index in [1.54, 1.807) is 12.1 Å². The van der Waals surface area contributed by atoms with Crippen LogP contribution in [0.3, 0.4) is 0 Å². The quantitative estimate of drug-likeness (QED) is 0.774. The van der Waals surface area contributed by atoms with Crippen molar-refractivity contribution in [2.24, 2.45) is 5.41 Å². The number of halogens is 1. The van der Waals surface area contributed by atoms with Crippen LogP contribution in [0.1, 0.15) is 42.9 Å². The lowest BCUT2D eigenvalue weighted by molar-refractivity contribution is 0.0730. The van der Waals surface area contributed by atoms with Crippen LogP contribution in [0.25, 0.3) is 0 Å². The monoisotopic (exact) mass is 423 g/mol. The first-order valence-corrected chi connectivity index (χ1v) is 10.9. The number of hydrogen-bond donors (Lipinski definition) is 2. The van der Waals surface area contributed by atoms with E-state index in [9.17, 15) is 17.6 Å². The van der Waals surface area contributed by atoms with Crippen LogP contribution in [-0.4, -0.2) is 49.9 Å². The molecule has 1 fully saturated rings. The molecule has 1 amide bonds. The summed E-state index contributed by atoms with van der Waals surface area (Å²) in [5, 5.41) is 2.93. The molecule has 1 atom stereocenters. The van der Waals surface area contributed by atoms with E-state index in [1.165, 1.54) is 28.7 Å². The van der Waals surface area contributed by atoms with Crippen LogP contribution in [0.5, 0.6) is 0 Å². The molecule has 0 spiro atoms. The highest BCUT2D eigenvalue weighted by Gasteiger charge is 2.31. The highest BCUT2D eigenvalue weighted by atomic mass is 32.2. The summed E-state index contributed by atoms with van der Waals surface area (Å²) in [4.78, 5) is 15.6. The first-order chi connectivity index (χ1) is 13.6. The van der Waals surface area contributed by atoms with Gasteiger partial charge in [-0.25, -0.2) is 12.8 Å². The van der Waals surface area contributed by atoms with E-state index in [1.807, 2.05) is 20.8 Å². The van der Waals surface area contributed by atoms with Crippen LogP contribution in [0.2, 0.25) is 0 Å². The Bertz CT molecular complexity index is 958. The normalized spacial score (nSPS) is 17.1. The van der Waals surface area contributed by atoms with Gasteiger partial charge >= 0.3 is 0 Å². The van der Waals surface area contributed by atoms with Gasteiger partial charge in [0.15, 0.2) is 0 Å². The summed E-state index contributed by atoms with van der Waals surface area (Å²) in [6.45, 7) is 7.15. The van der Waals surface area contributed by atoms with Gasteiger partial charge in [-0.05, 0) is 29.2 Å². The average molecular weight is 424 g/mol. The molecule has 29 heavy (non-hydrogen) atoms. The molecule has 1 unspecified atom stereocenters. The predicted molar refractivity (Wildman–Crippen MR) is 106 cm³/mol. The average Bonchev–Trinajstić information content (AvgIpc) is 3.18. The van der Waals surface area contributed by atoms with Gasteiger partial charge in [0, 0.05) is 19.3 Å². The fourth-order valence-electron chi connectivity index (χ4n) is 3.25. The highest BCUT2D eigenvalue weighted by molar-refractivity contribution is 7.89. The van der Waals surface area contributed by atoms with E-state index in [0.29, 0.717) is 13.2 Å². The number of hydrogen-bond acceptors (Lipinski definition) is 4. The minimum atomic E-state index is -3.69. The zero-order valence-electron chi connectivity index (χ0n) is 16.7. The Hall–Kier alpha value is -2.23. The Kier molecular flexibility index (Phi) is 6.11. The van der Waals surface area contributed by atoms with Crippen LogP contribution in [0.4, 0.5) is 4.39 Å². The Morgan fingerprint density at radius 3 is 2.41 bits per heavy atom. The van der Waals surface area contributed by atoms with E-state index in [4.69, 9.17) is 4.74 Å². The van der Waals surface area contributed by atoms with Gasteiger partial charge in [0.05, 0.1) is 19.3 Å². The maximum Gasteiger partial charge on any atom is 0.268 e. The number of benzene rings is 1. The van der Waals surface area contributed by atoms with Crippen molar-refractivity contribution in [3.63, 3.8) is 0 Å². The lowest BCUT2D eigenvalue weighted by Gasteiger charge is -2.32. The molecule has 1 aliphatic heterocycles. The van der Waals surface area contributed by atoms with Crippen molar-refractivity contribution in [2.45, 2.75) is 31.7 Å². The Balaban J connectivity index is 1.80. The molecular formula is C20H26FN3O4S. The second-order valence-electron chi connectivity index (χ2n) is 8.09. The zero-order valence-corrected chi connectivity index (χ0v) is 17.6. The van der Waals surface area contributed by atoms with Crippen molar-refractivity contribution in [3.8, 4) is 0 Å². The fourth-order valence-corrected chi connectivity index (χ4v) is 4.66. The largest absolute Gasteiger partial charge is 0.379 e. The van der Waals surface area contributed by atoms with Gasteiger partial charge in [0.25, 0.3) is 5.91 Å². The third-order valence-electron chi connectivity index (χ3n) is 4.85. The number of rotatable bonds is 5. The molecular weight excluding hydrogens is 397 g/mol. The predicted octanol–water partition coefficient (Wildman–Crippen LogP) is 2.69. The van der Waals surface area contributed by atoms with Crippen LogP contribution in [-0.2, 0) is 14.8 Å². The fraction of sp³-hybridized carbons (Fsp3) is 0.450. The number of carbonyl (C=O) groups excluding carboxylic acids is 1.